The third-order valence-electron chi connectivity index (χ3n) is 4.92. The summed E-state index contributed by atoms with van der Waals surface area (Å²) in [7, 11) is 6.52. The molecule has 0 radical (unpaired) electrons. The fraction of sp³-hybridized carbons (Fsp3) is 0.647. The molecule has 3 nitrogen and oxygen atoms in total. The van der Waals surface area contributed by atoms with Gasteiger partial charge in [-0.2, -0.15) is 0 Å². The monoisotopic (exact) mass is 293 g/mol. The summed E-state index contributed by atoms with van der Waals surface area (Å²) in [5.74, 6) is -0.207. The van der Waals surface area contributed by atoms with Gasteiger partial charge in [-0.15, -0.1) is 0 Å². The molecule has 0 aliphatic heterocycles. The quantitative estimate of drug-likeness (QED) is 0.839. The topological polar surface area (TPSA) is 32.5 Å². The van der Waals surface area contributed by atoms with Gasteiger partial charge in [-0.1, -0.05) is 12.1 Å². The van der Waals surface area contributed by atoms with Crippen LogP contribution in [0.25, 0.3) is 0 Å². The number of halogens is 1. The number of likely N-dealkylation sites (N-methyl/N-ethyl adjacent to an activating group) is 2. The third kappa shape index (κ3) is 4.02. The minimum absolute atomic E-state index is 0.0234. The average molecular weight is 293 g/mol. The summed E-state index contributed by atoms with van der Waals surface area (Å²) in [6.07, 6.45) is 4.80. The van der Waals surface area contributed by atoms with Crippen molar-refractivity contribution >= 4 is 0 Å². The van der Waals surface area contributed by atoms with Gasteiger partial charge in [-0.05, 0) is 71.1 Å². The van der Waals surface area contributed by atoms with E-state index in [1.165, 1.54) is 31.4 Å². The van der Waals surface area contributed by atoms with E-state index < -0.39 is 0 Å². The molecule has 1 unspecified atom stereocenters. The lowest BCUT2D eigenvalue weighted by molar-refractivity contribution is 0.0272. The zero-order valence-corrected chi connectivity index (χ0v) is 13.5. The SMILES string of the molecule is CN(CCC(N)c1ccc(F)cc1)CC1(N(C)C)CCC1. The van der Waals surface area contributed by atoms with Crippen molar-refractivity contribution in [3.05, 3.63) is 35.6 Å². The zero-order valence-electron chi connectivity index (χ0n) is 13.5. The lowest BCUT2D eigenvalue weighted by Crippen LogP contribution is -2.56. The van der Waals surface area contributed by atoms with E-state index in [1.807, 2.05) is 0 Å². The van der Waals surface area contributed by atoms with E-state index in [9.17, 15) is 4.39 Å². The van der Waals surface area contributed by atoms with Crippen molar-refractivity contribution in [1.29, 1.82) is 0 Å². The molecule has 2 rings (SSSR count). The Morgan fingerprint density at radius 1 is 1.19 bits per heavy atom. The molecule has 21 heavy (non-hydrogen) atoms. The molecule has 2 N–H and O–H groups in total. The first kappa shape index (κ1) is 16.4. The van der Waals surface area contributed by atoms with Crippen molar-refractivity contribution in [3.8, 4) is 0 Å². The van der Waals surface area contributed by atoms with E-state index >= 15 is 0 Å². The number of benzene rings is 1. The second-order valence-electron chi connectivity index (χ2n) is 6.66. The van der Waals surface area contributed by atoms with E-state index in [0.29, 0.717) is 5.54 Å². The highest BCUT2D eigenvalue weighted by molar-refractivity contribution is 5.19. The predicted octanol–water partition coefficient (Wildman–Crippen LogP) is 2.63. The Hall–Kier alpha value is -0.970. The molecular weight excluding hydrogens is 265 g/mol. The number of rotatable bonds is 7. The van der Waals surface area contributed by atoms with Crippen LogP contribution in [0.1, 0.15) is 37.3 Å². The van der Waals surface area contributed by atoms with Gasteiger partial charge < -0.3 is 15.5 Å². The van der Waals surface area contributed by atoms with Gasteiger partial charge >= 0.3 is 0 Å². The molecule has 1 saturated carbocycles. The smallest absolute Gasteiger partial charge is 0.123 e. The van der Waals surface area contributed by atoms with Crippen LogP contribution in [-0.4, -0.2) is 49.6 Å². The highest BCUT2D eigenvalue weighted by atomic mass is 19.1. The van der Waals surface area contributed by atoms with Crippen molar-refractivity contribution in [2.45, 2.75) is 37.3 Å². The van der Waals surface area contributed by atoms with E-state index in [4.69, 9.17) is 5.73 Å². The molecule has 1 aromatic rings. The van der Waals surface area contributed by atoms with Crippen LogP contribution in [0.4, 0.5) is 4.39 Å². The van der Waals surface area contributed by atoms with Crippen LogP contribution in [0.5, 0.6) is 0 Å². The van der Waals surface area contributed by atoms with Gasteiger partial charge in [0.25, 0.3) is 0 Å². The van der Waals surface area contributed by atoms with Gasteiger partial charge in [-0.25, -0.2) is 4.39 Å². The van der Waals surface area contributed by atoms with Crippen LogP contribution in [0.2, 0.25) is 0 Å². The van der Waals surface area contributed by atoms with Gasteiger partial charge in [0.1, 0.15) is 5.82 Å². The number of hydrogen-bond acceptors (Lipinski definition) is 3. The molecule has 1 aromatic carbocycles. The molecule has 1 fully saturated rings. The molecule has 0 amide bonds. The van der Waals surface area contributed by atoms with Gasteiger partial charge in [0, 0.05) is 18.1 Å². The van der Waals surface area contributed by atoms with Gasteiger partial charge in [-0.3, -0.25) is 0 Å². The summed E-state index contributed by atoms with van der Waals surface area (Å²) in [4.78, 5) is 4.75. The molecule has 1 atom stereocenters. The highest BCUT2D eigenvalue weighted by Gasteiger charge is 2.39. The standard InChI is InChI=1S/C17H28FN3/c1-20(2)17(10-4-11-17)13-21(3)12-9-16(19)14-5-7-15(18)8-6-14/h5-8,16H,4,9-13,19H2,1-3H3. The van der Waals surface area contributed by atoms with Crippen molar-refractivity contribution in [2.24, 2.45) is 5.73 Å². The second kappa shape index (κ2) is 6.86. The van der Waals surface area contributed by atoms with Crippen LogP contribution >= 0.6 is 0 Å². The van der Waals surface area contributed by atoms with Crippen molar-refractivity contribution in [2.75, 3.05) is 34.2 Å². The fourth-order valence-electron chi connectivity index (χ4n) is 3.15. The summed E-state index contributed by atoms with van der Waals surface area (Å²) < 4.78 is 12.9. The summed E-state index contributed by atoms with van der Waals surface area (Å²) in [6, 6.07) is 6.51. The lowest BCUT2D eigenvalue weighted by atomic mass is 9.75. The maximum atomic E-state index is 12.9. The zero-order chi connectivity index (χ0) is 15.5. The van der Waals surface area contributed by atoms with Crippen molar-refractivity contribution in [3.63, 3.8) is 0 Å². The predicted molar refractivity (Wildman–Crippen MR) is 85.7 cm³/mol. The average Bonchev–Trinajstić information content (AvgIpc) is 2.40. The minimum atomic E-state index is -0.207. The van der Waals surface area contributed by atoms with Crippen LogP contribution < -0.4 is 5.73 Å². The van der Waals surface area contributed by atoms with Crippen molar-refractivity contribution < 1.29 is 4.39 Å². The van der Waals surface area contributed by atoms with Gasteiger partial charge in [0.2, 0.25) is 0 Å². The Bertz CT molecular complexity index is 440. The maximum Gasteiger partial charge on any atom is 0.123 e. The van der Waals surface area contributed by atoms with Gasteiger partial charge in [0.05, 0.1) is 0 Å². The molecule has 0 saturated heterocycles. The minimum Gasteiger partial charge on any atom is -0.324 e. The normalized spacial score (nSPS) is 18.8. The maximum absolute atomic E-state index is 12.9. The Morgan fingerprint density at radius 2 is 1.81 bits per heavy atom. The molecule has 0 heterocycles. The van der Waals surface area contributed by atoms with E-state index in [1.54, 1.807) is 12.1 Å². The fourth-order valence-corrected chi connectivity index (χ4v) is 3.15. The summed E-state index contributed by atoms with van der Waals surface area (Å²) in [6.45, 7) is 2.06. The Balaban J connectivity index is 1.80. The number of hydrogen-bond donors (Lipinski definition) is 1. The van der Waals surface area contributed by atoms with Crippen LogP contribution in [-0.2, 0) is 0 Å². The molecular formula is C17H28FN3. The van der Waals surface area contributed by atoms with Crippen molar-refractivity contribution in [1.82, 2.24) is 9.80 Å². The van der Waals surface area contributed by atoms with Crippen LogP contribution in [0, 0.1) is 5.82 Å². The molecule has 0 aromatic heterocycles. The molecule has 1 aliphatic carbocycles. The first-order valence-corrected chi connectivity index (χ1v) is 7.80. The third-order valence-corrected chi connectivity index (χ3v) is 4.92. The highest BCUT2D eigenvalue weighted by Crippen LogP contribution is 2.36. The van der Waals surface area contributed by atoms with Crippen LogP contribution in [0.15, 0.2) is 24.3 Å². The van der Waals surface area contributed by atoms with E-state index in [0.717, 1.165) is 25.1 Å². The van der Waals surface area contributed by atoms with E-state index in [-0.39, 0.29) is 11.9 Å². The number of nitrogens with zero attached hydrogens (tertiary/aromatic N) is 2. The molecule has 0 spiro atoms. The van der Waals surface area contributed by atoms with Crippen LogP contribution in [0.3, 0.4) is 0 Å². The first-order chi connectivity index (χ1) is 9.93. The Kier molecular flexibility index (Phi) is 5.36. The molecule has 0 bridgehead atoms. The first-order valence-electron chi connectivity index (χ1n) is 7.80. The molecule has 4 heteroatoms. The van der Waals surface area contributed by atoms with E-state index in [2.05, 4.69) is 30.9 Å². The lowest BCUT2D eigenvalue weighted by Gasteiger charge is -2.49. The summed E-state index contributed by atoms with van der Waals surface area (Å²) >= 11 is 0. The molecule has 1 aliphatic rings. The van der Waals surface area contributed by atoms with Gasteiger partial charge in [0.15, 0.2) is 0 Å². The summed E-state index contributed by atoms with van der Waals surface area (Å²) in [5.41, 5.74) is 7.57. The summed E-state index contributed by atoms with van der Waals surface area (Å²) in [5, 5.41) is 0. The Morgan fingerprint density at radius 3 is 2.29 bits per heavy atom. The Labute approximate surface area is 127 Å². The largest absolute Gasteiger partial charge is 0.324 e. The molecule has 118 valence electrons. The second-order valence-corrected chi connectivity index (χ2v) is 6.66. The number of nitrogens with two attached hydrogens (primary N) is 1.